The molecule has 1 aromatic heterocycles. The number of aromatic nitrogens is 2. The maximum absolute atomic E-state index is 12.6. The minimum Gasteiger partial charge on any atom is -0.307 e. The topological polar surface area (TPSA) is 81.1 Å². The van der Waals surface area contributed by atoms with Crippen molar-refractivity contribution in [2.45, 2.75) is 12.3 Å². The zero-order valence-corrected chi connectivity index (χ0v) is 17.2. The number of nitrogens with one attached hydrogen (secondary N) is 1. The fraction of sp³-hybridized carbons (Fsp3) is 0.158. The standard InChI is InChI=1S/C19H17Cl2N3O3S/c1-28(26,27)12-13-3-2-4-14(9-13)19(25)23-18-7-8-22-24(18)11-15-5-6-16(20)10-17(15)21/h2-10H,11-12H2,1H3,(H,23,25). The van der Waals surface area contributed by atoms with Crippen LogP contribution >= 0.6 is 23.2 Å². The summed E-state index contributed by atoms with van der Waals surface area (Å²) in [6.45, 7) is 0.354. The van der Waals surface area contributed by atoms with Crippen LogP contribution in [0.2, 0.25) is 10.0 Å². The summed E-state index contributed by atoms with van der Waals surface area (Å²) in [6, 6.07) is 13.4. The summed E-state index contributed by atoms with van der Waals surface area (Å²) in [6.07, 6.45) is 2.72. The monoisotopic (exact) mass is 437 g/mol. The molecule has 0 unspecified atom stereocenters. The summed E-state index contributed by atoms with van der Waals surface area (Å²) in [5, 5.41) is 8.06. The van der Waals surface area contributed by atoms with E-state index in [-0.39, 0.29) is 11.7 Å². The van der Waals surface area contributed by atoms with Crippen LogP contribution in [0.4, 0.5) is 5.82 Å². The second-order valence-electron chi connectivity index (χ2n) is 6.33. The highest BCUT2D eigenvalue weighted by atomic mass is 35.5. The zero-order valence-electron chi connectivity index (χ0n) is 14.9. The number of hydrogen-bond acceptors (Lipinski definition) is 4. The van der Waals surface area contributed by atoms with Crippen LogP contribution in [-0.4, -0.2) is 30.4 Å². The molecule has 1 heterocycles. The van der Waals surface area contributed by atoms with Crippen LogP contribution in [0.15, 0.2) is 54.7 Å². The third-order valence-corrected chi connectivity index (χ3v) is 5.36. The number of anilines is 1. The zero-order chi connectivity index (χ0) is 20.3. The van der Waals surface area contributed by atoms with Gasteiger partial charge in [0.2, 0.25) is 0 Å². The molecule has 1 amide bonds. The molecular weight excluding hydrogens is 421 g/mol. The van der Waals surface area contributed by atoms with E-state index in [2.05, 4.69) is 10.4 Å². The van der Waals surface area contributed by atoms with Crippen LogP contribution in [0.25, 0.3) is 0 Å². The van der Waals surface area contributed by atoms with Crippen molar-refractivity contribution in [3.63, 3.8) is 0 Å². The number of amides is 1. The molecule has 0 saturated carbocycles. The Balaban J connectivity index is 1.77. The van der Waals surface area contributed by atoms with E-state index in [1.807, 2.05) is 0 Å². The van der Waals surface area contributed by atoms with E-state index in [1.165, 1.54) is 0 Å². The summed E-state index contributed by atoms with van der Waals surface area (Å²) in [4.78, 5) is 12.6. The third kappa shape index (κ3) is 5.34. The van der Waals surface area contributed by atoms with E-state index in [1.54, 1.807) is 59.4 Å². The van der Waals surface area contributed by atoms with E-state index in [4.69, 9.17) is 23.2 Å². The molecule has 0 aliphatic heterocycles. The van der Waals surface area contributed by atoms with Crippen LogP contribution in [0, 0.1) is 0 Å². The molecule has 3 rings (SSSR count). The van der Waals surface area contributed by atoms with E-state index in [9.17, 15) is 13.2 Å². The van der Waals surface area contributed by atoms with Crippen molar-refractivity contribution in [2.24, 2.45) is 0 Å². The van der Waals surface area contributed by atoms with Crippen molar-refractivity contribution in [1.29, 1.82) is 0 Å². The van der Waals surface area contributed by atoms with Gasteiger partial charge in [-0.25, -0.2) is 13.1 Å². The lowest BCUT2D eigenvalue weighted by Gasteiger charge is -2.11. The molecule has 0 spiro atoms. The Bertz CT molecular complexity index is 1130. The second kappa shape index (κ2) is 8.34. The first-order valence-corrected chi connectivity index (χ1v) is 11.1. The van der Waals surface area contributed by atoms with Crippen LogP contribution < -0.4 is 5.32 Å². The van der Waals surface area contributed by atoms with Crippen molar-refractivity contribution < 1.29 is 13.2 Å². The number of rotatable bonds is 6. The van der Waals surface area contributed by atoms with Crippen LogP contribution in [0.5, 0.6) is 0 Å². The van der Waals surface area contributed by atoms with E-state index in [0.29, 0.717) is 33.5 Å². The average Bonchev–Trinajstić information content (AvgIpc) is 3.03. The van der Waals surface area contributed by atoms with Crippen LogP contribution in [0.1, 0.15) is 21.5 Å². The molecule has 1 N–H and O–H groups in total. The van der Waals surface area contributed by atoms with Crippen molar-refractivity contribution >= 4 is 44.8 Å². The van der Waals surface area contributed by atoms with Gasteiger partial charge in [0.25, 0.3) is 5.91 Å². The lowest BCUT2D eigenvalue weighted by atomic mass is 10.1. The lowest BCUT2D eigenvalue weighted by Crippen LogP contribution is -2.16. The summed E-state index contributed by atoms with van der Waals surface area (Å²) < 4.78 is 24.6. The van der Waals surface area contributed by atoms with E-state index < -0.39 is 9.84 Å². The largest absolute Gasteiger partial charge is 0.307 e. The Morgan fingerprint density at radius 2 is 1.93 bits per heavy atom. The van der Waals surface area contributed by atoms with Gasteiger partial charge in [0.15, 0.2) is 9.84 Å². The smallest absolute Gasteiger partial charge is 0.256 e. The number of benzene rings is 2. The van der Waals surface area contributed by atoms with Gasteiger partial charge in [0, 0.05) is 27.9 Å². The first kappa shape index (κ1) is 20.4. The lowest BCUT2D eigenvalue weighted by molar-refractivity contribution is 0.102. The fourth-order valence-electron chi connectivity index (χ4n) is 2.67. The average molecular weight is 438 g/mol. The highest BCUT2D eigenvalue weighted by molar-refractivity contribution is 7.89. The molecule has 9 heteroatoms. The molecule has 2 aromatic carbocycles. The summed E-state index contributed by atoms with van der Waals surface area (Å²) in [5.74, 6) is 0.00466. The van der Waals surface area contributed by atoms with Gasteiger partial charge >= 0.3 is 0 Å². The highest BCUT2D eigenvalue weighted by Gasteiger charge is 2.13. The number of hydrogen-bond donors (Lipinski definition) is 1. The van der Waals surface area contributed by atoms with Gasteiger partial charge in [0.1, 0.15) is 5.82 Å². The van der Waals surface area contributed by atoms with Gasteiger partial charge in [-0.15, -0.1) is 0 Å². The molecule has 0 aliphatic carbocycles. The van der Waals surface area contributed by atoms with E-state index >= 15 is 0 Å². The van der Waals surface area contributed by atoms with Gasteiger partial charge < -0.3 is 5.32 Å². The Morgan fingerprint density at radius 3 is 2.64 bits per heavy atom. The molecule has 0 saturated heterocycles. The maximum Gasteiger partial charge on any atom is 0.256 e. The third-order valence-electron chi connectivity index (χ3n) is 3.91. The molecule has 28 heavy (non-hydrogen) atoms. The predicted octanol–water partition coefficient (Wildman–Crippen LogP) is 4.04. The number of halogens is 2. The van der Waals surface area contributed by atoms with Crippen LogP contribution in [-0.2, 0) is 22.1 Å². The predicted molar refractivity (Wildman–Crippen MR) is 111 cm³/mol. The minimum absolute atomic E-state index is 0.124. The molecule has 6 nitrogen and oxygen atoms in total. The molecule has 146 valence electrons. The van der Waals surface area contributed by atoms with Gasteiger partial charge in [-0.05, 0) is 35.4 Å². The maximum atomic E-state index is 12.6. The molecule has 0 fully saturated rings. The Labute approximate surface area is 173 Å². The van der Waals surface area contributed by atoms with Crippen molar-refractivity contribution in [1.82, 2.24) is 9.78 Å². The highest BCUT2D eigenvalue weighted by Crippen LogP contribution is 2.23. The molecule has 0 bridgehead atoms. The quantitative estimate of drug-likeness (QED) is 0.630. The molecule has 0 atom stereocenters. The first-order valence-electron chi connectivity index (χ1n) is 8.25. The van der Waals surface area contributed by atoms with Crippen molar-refractivity contribution in [3.05, 3.63) is 81.5 Å². The van der Waals surface area contributed by atoms with Gasteiger partial charge in [-0.1, -0.05) is 41.4 Å². The minimum atomic E-state index is -3.19. The molecule has 0 aliphatic rings. The van der Waals surface area contributed by atoms with Crippen molar-refractivity contribution in [2.75, 3.05) is 11.6 Å². The van der Waals surface area contributed by atoms with Gasteiger partial charge in [0.05, 0.1) is 18.5 Å². The van der Waals surface area contributed by atoms with E-state index in [0.717, 1.165) is 11.8 Å². The fourth-order valence-corrected chi connectivity index (χ4v) is 3.92. The van der Waals surface area contributed by atoms with Crippen LogP contribution in [0.3, 0.4) is 0 Å². The Kier molecular flexibility index (Phi) is 6.07. The Morgan fingerprint density at radius 1 is 1.14 bits per heavy atom. The number of sulfone groups is 1. The summed E-state index contributed by atoms with van der Waals surface area (Å²) >= 11 is 12.1. The normalized spacial score (nSPS) is 11.4. The van der Waals surface area contributed by atoms with Gasteiger partial charge in [-0.3, -0.25) is 4.79 Å². The Hall–Kier alpha value is -2.35. The summed E-state index contributed by atoms with van der Waals surface area (Å²) in [7, 11) is -3.19. The molecule has 0 radical (unpaired) electrons. The SMILES string of the molecule is CS(=O)(=O)Cc1cccc(C(=O)Nc2ccnn2Cc2ccc(Cl)cc2Cl)c1. The molecule has 3 aromatic rings. The van der Waals surface area contributed by atoms with Crippen molar-refractivity contribution in [3.8, 4) is 0 Å². The molecular formula is C19H17Cl2N3O3S. The number of carbonyl (C=O) groups excluding carboxylic acids is 1. The number of carbonyl (C=O) groups is 1. The summed E-state index contributed by atoms with van der Waals surface area (Å²) in [5.41, 5.74) is 1.72. The number of nitrogens with zero attached hydrogens (tertiary/aromatic N) is 2. The van der Waals surface area contributed by atoms with Gasteiger partial charge in [-0.2, -0.15) is 5.10 Å². The second-order valence-corrected chi connectivity index (χ2v) is 9.32. The first-order chi connectivity index (χ1) is 13.2.